The number of carbonyl (C=O) groups is 1. The highest BCUT2D eigenvalue weighted by Gasteiger charge is 2.21. The zero-order valence-corrected chi connectivity index (χ0v) is 19.8. The second-order valence-corrected chi connectivity index (χ2v) is 9.02. The Bertz CT molecular complexity index is 947. The number of amides is 1. The SMILES string of the molecule is C=C/C=C/C(=O)NC(C=C1CCC(c2ccccc2CCC)CC1)Cc1ccc(Cl)cc1. The summed E-state index contributed by atoms with van der Waals surface area (Å²) in [5, 5.41) is 3.87. The Hall–Kier alpha value is -2.58. The highest BCUT2D eigenvalue weighted by molar-refractivity contribution is 6.30. The largest absolute Gasteiger partial charge is 0.346 e. The minimum Gasteiger partial charge on any atom is -0.346 e. The van der Waals surface area contributed by atoms with Crippen molar-refractivity contribution in [3.05, 3.63) is 107 Å². The number of nitrogens with one attached hydrogen (secondary N) is 1. The van der Waals surface area contributed by atoms with Gasteiger partial charge in [0.25, 0.3) is 0 Å². The maximum atomic E-state index is 12.3. The summed E-state index contributed by atoms with van der Waals surface area (Å²) in [4.78, 5) is 12.3. The highest BCUT2D eigenvalue weighted by Crippen LogP contribution is 2.37. The van der Waals surface area contributed by atoms with Crippen LogP contribution in [-0.2, 0) is 17.6 Å². The normalized spacial score (nSPS) is 17.2. The van der Waals surface area contributed by atoms with E-state index in [-0.39, 0.29) is 11.9 Å². The lowest BCUT2D eigenvalue weighted by molar-refractivity contribution is -0.116. The molecule has 1 saturated carbocycles. The fraction of sp³-hybridized carbons (Fsp3) is 0.345. The van der Waals surface area contributed by atoms with E-state index in [4.69, 9.17) is 11.6 Å². The van der Waals surface area contributed by atoms with Crippen molar-refractivity contribution in [1.82, 2.24) is 5.32 Å². The van der Waals surface area contributed by atoms with Crippen molar-refractivity contribution in [1.29, 1.82) is 0 Å². The van der Waals surface area contributed by atoms with Gasteiger partial charge in [0.2, 0.25) is 5.91 Å². The van der Waals surface area contributed by atoms with Crippen LogP contribution < -0.4 is 5.32 Å². The van der Waals surface area contributed by atoms with E-state index in [0.29, 0.717) is 5.92 Å². The number of hydrogen-bond donors (Lipinski definition) is 1. The summed E-state index contributed by atoms with van der Waals surface area (Å²) in [5.41, 5.74) is 5.65. The van der Waals surface area contributed by atoms with Gasteiger partial charge in [-0.1, -0.05) is 91.7 Å². The van der Waals surface area contributed by atoms with Gasteiger partial charge in [0, 0.05) is 11.1 Å². The van der Waals surface area contributed by atoms with Crippen molar-refractivity contribution in [2.75, 3.05) is 0 Å². The average Bonchev–Trinajstić information content (AvgIpc) is 2.80. The molecule has 0 radical (unpaired) electrons. The van der Waals surface area contributed by atoms with Crippen LogP contribution in [0, 0.1) is 0 Å². The molecule has 1 aliphatic carbocycles. The molecule has 0 aliphatic heterocycles. The molecule has 1 fully saturated rings. The molecule has 1 N–H and O–H groups in total. The Morgan fingerprint density at radius 2 is 1.88 bits per heavy atom. The molecule has 2 aromatic rings. The number of benzene rings is 2. The third-order valence-electron chi connectivity index (χ3n) is 6.16. The lowest BCUT2D eigenvalue weighted by Gasteiger charge is -2.27. The van der Waals surface area contributed by atoms with Gasteiger partial charge in [-0.25, -0.2) is 0 Å². The third-order valence-corrected chi connectivity index (χ3v) is 6.41. The molecule has 1 atom stereocenters. The Kier molecular flexibility index (Phi) is 9.37. The number of carbonyl (C=O) groups excluding carboxylic acids is 1. The number of aryl methyl sites for hydroxylation is 1. The molecular weight excluding hydrogens is 414 g/mol. The van der Waals surface area contributed by atoms with Crippen molar-refractivity contribution in [2.45, 2.75) is 63.8 Å². The number of allylic oxidation sites excluding steroid dienone is 3. The first-order valence-corrected chi connectivity index (χ1v) is 12.1. The second kappa shape index (κ2) is 12.5. The summed E-state index contributed by atoms with van der Waals surface area (Å²) in [7, 11) is 0. The first kappa shape index (κ1) is 24.1. The Labute approximate surface area is 198 Å². The van der Waals surface area contributed by atoms with Crippen LogP contribution in [0.2, 0.25) is 5.02 Å². The monoisotopic (exact) mass is 447 g/mol. The fourth-order valence-electron chi connectivity index (χ4n) is 4.59. The molecule has 0 spiro atoms. The Morgan fingerprint density at radius 1 is 1.16 bits per heavy atom. The Morgan fingerprint density at radius 3 is 2.56 bits per heavy atom. The van der Waals surface area contributed by atoms with Crippen molar-refractivity contribution >= 4 is 17.5 Å². The standard InChI is InChI=1S/C29H34ClNO/c1-3-5-11-29(32)31-27(21-23-14-18-26(30)19-15-23)20-22-12-16-25(17-13-22)28-10-7-6-9-24(28)8-4-2/h3,5-7,9-11,14-15,18-20,25,27H,1,4,8,12-13,16-17,21H2,2H3,(H,31,32)/b11-5+,22-20?. The van der Waals surface area contributed by atoms with Crippen LogP contribution in [0.25, 0.3) is 0 Å². The molecular formula is C29H34ClNO. The summed E-state index contributed by atoms with van der Waals surface area (Å²) in [6.07, 6.45) is 14.7. The molecule has 1 unspecified atom stereocenters. The predicted molar refractivity (Wildman–Crippen MR) is 136 cm³/mol. The van der Waals surface area contributed by atoms with Gasteiger partial charge in [-0.2, -0.15) is 0 Å². The van der Waals surface area contributed by atoms with Gasteiger partial charge in [-0.15, -0.1) is 0 Å². The Balaban J connectivity index is 1.70. The summed E-state index contributed by atoms with van der Waals surface area (Å²) >= 11 is 6.04. The quantitative estimate of drug-likeness (QED) is 0.243. The van der Waals surface area contributed by atoms with Crippen LogP contribution in [0.3, 0.4) is 0 Å². The van der Waals surface area contributed by atoms with Gasteiger partial charge in [0.05, 0.1) is 6.04 Å². The summed E-state index contributed by atoms with van der Waals surface area (Å²) in [5.74, 6) is 0.539. The maximum Gasteiger partial charge on any atom is 0.244 e. The first-order chi connectivity index (χ1) is 15.6. The molecule has 2 aromatic carbocycles. The lowest BCUT2D eigenvalue weighted by atomic mass is 9.79. The van der Waals surface area contributed by atoms with Crippen LogP contribution in [0.5, 0.6) is 0 Å². The van der Waals surface area contributed by atoms with Gasteiger partial charge in [-0.05, 0) is 73.3 Å². The molecule has 168 valence electrons. The van der Waals surface area contributed by atoms with E-state index in [2.05, 4.69) is 49.2 Å². The van der Waals surface area contributed by atoms with E-state index < -0.39 is 0 Å². The lowest BCUT2D eigenvalue weighted by Crippen LogP contribution is -2.34. The highest BCUT2D eigenvalue weighted by atomic mass is 35.5. The van der Waals surface area contributed by atoms with Crippen molar-refractivity contribution in [2.24, 2.45) is 0 Å². The fourth-order valence-corrected chi connectivity index (χ4v) is 4.72. The molecule has 0 saturated heterocycles. The van der Waals surface area contributed by atoms with Crippen LogP contribution in [-0.4, -0.2) is 11.9 Å². The van der Waals surface area contributed by atoms with Crippen LogP contribution >= 0.6 is 11.6 Å². The first-order valence-electron chi connectivity index (χ1n) is 11.7. The van der Waals surface area contributed by atoms with Crippen molar-refractivity contribution < 1.29 is 4.79 Å². The molecule has 0 aromatic heterocycles. The summed E-state index contributed by atoms with van der Waals surface area (Å²) in [6.45, 7) is 5.89. The second-order valence-electron chi connectivity index (χ2n) is 8.59. The molecule has 1 aliphatic rings. The number of halogens is 1. The molecule has 0 bridgehead atoms. The summed E-state index contributed by atoms with van der Waals surface area (Å²) < 4.78 is 0. The van der Waals surface area contributed by atoms with Crippen molar-refractivity contribution in [3.8, 4) is 0 Å². The molecule has 2 nitrogen and oxygen atoms in total. The summed E-state index contributed by atoms with van der Waals surface area (Å²) in [6, 6.07) is 16.8. The van der Waals surface area contributed by atoms with E-state index in [1.54, 1.807) is 12.2 Å². The molecule has 3 rings (SSSR count). The zero-order valence-electron chi connectivity index (χ0n) is 19.0. The van der Waals surface area contributed by atoms with Gasteiger partial charge < -0.3 is 5.32 Å². The van der Waals surface area contributed by atoms with Crippen LogP contribution in [0.15, 0.2) is 85.0 Å². The predicted octanol–water partition coefficient (Wildman–Crippen LogP) is 7.35. The molecule has 0 heterocycles. The van der Waals surface area contributed by atoms with E-state index >= 15 is 0 Å². The van der Waals surface area contributed by atoms with Crippen molar-refractivity contribution in [3.63, 3.8) is 0 Å². The van der Waals surface area contributed by atoms with Crippen LogP contribution in [0.4, 0.5) is 0 Å². The van der Waals surface area contributed by atoms with E-state index in [0.717, 1.165) is 36.3 Å². The van der Waals surface area contributed by atoms with E-state index in [9.17, 15) is 4.79 Å². The average molecular weight is 448 g/mol. The number of rotatable bonds is 9. The smallest absolute Gasteiger partial charge is 0.244 e. The topological polar surface area (TPSA) is 29.1 Å². The van der Waals surface area contributed by atoms with Crippen LogP contribution in [0.1, 0.15) is 61.6 Å². The molecule has 1 amide bonds. The minimum atomic E-state index is -0.0945. The van der Waals surface area contributed by atoms with Gasteiger partial charge >= 0.3 is 0 Å². The maximum absolute atomic E-state index is 12.3. The third kappa shape index (κ3) is 7.24. The molecule has 32 heavy (non-hydrogen) atoms. The van der Waals surface area contributed by atoms with E-state index in [1.165, 1.54) is 42.0 Å². The van der Waals surface area contributed by atoms with Gasteiger partial charge in [-0.3, -0.25) is 4.79 Å². The van der Waals surface area contributed by atoms with E-state index in [1.807, 2.05) is 24.3 Å². The van der Waals surface area contributed by atoms with Gasteiger partial charge in [0.15, 0.2) is 0 Å². The minimum absolute atomic E-state index is 0.0444. The van der Waals surface area contributed by atoms with Gasteiger partial charge in [0.1, 0.15) is 0 Å². The molecule has 3 heteroatoms. The number of hydrogen-bond acceptors (Lipinski definition) is 1. The zero-order chi connectivity index (χ0) is 22.8.